The van der Waals surface area contributed by atoms with E-state index in [1.54, 1.807) is 6.07 Å². The van der Waals surface area contributed by atoms with Gasteiger partial charge in [0, 0.05) is 10.9 Å². The smallest absolute Gasteiger partial charge is 0.433 e. The molecule has 0 aliphatic rings. The van der Waals surface area contributed by atoms with Crippen LogP contribution in [-0.2, 0) is 18.3 Å². The van der Waals surface area contributed by atoms with Crippen molar-refractivity contribution >= 4 is 16.6 Å². The van der Waals surface area contributed by atoms with E-state index in [-0.39, 0.29) is 23.7 Å². The first-order chi connectivity index (χ1) is 16.5. The van der Waals surface area contributed by atoms with Crippen molar-refractivity contribution < 1.29 is 22.3 Å². The molecule has 2 aromatic carbocycles. The van der Waals surface area contributed by atoms with Crippen LogP contribution in [-0.4, -0.2) is 17.1 Å². The summed E-state index contributed by atoms with van der Waals surface area (Å²) in [5.74, 6) is 0.789. The van der Waals surface area contributed by atoms with Crippen LogP contribution in [0.15, 0.2) is 65.6 Å². The summed E-state index contributed by atoms with van der Waals surface area (Å²) in [5, 5.41) is 3.78. The Morgan fingerprint density at radius 2 is 1.77 bits per heavy atom. The highest BCUT2D eigenvalue weighted by Crippen LogP contribution is 2.37. The van der Waals surface area contributed by atoms with Gasteiger partial charge < -0.3 is 20.2 Å². The number of halogens is 3. The topological polar surface area (TPSA) is 86.2 Å². The number of rotatable bonds is 7. The lowest BCUT2D eigenvalue weighted by molar-refractivity contribution is -0.140. The zero-order chi connectivity index (χ0) is 25.4. The third kappa shape index (κ3) is 4.72. The highest BCUT2D eigenvalue weighted by molar-refractivity contribution is 5.96. The molecule has 4 rings (SSSR count). The van der Waals surface area contributed by atoms with E-state index in [1.807, 2.05) is 44.2 Å². The van der Waals surface area contributed by atoms with Gasteiger partial charge in [-0.3, -0.25) is 0 Å². The lowest BCUT2D eigenvalue weighted by Gasteiger charge is -2.29. The fraction of sp³-hybridized carbons (Fsp3) is 0.231. The normalized spacial score (nSPS) is 12.1. The highest BCUT2D eigenvalue weighted by Gasteiger charge is 2.33. The number of alkyl halides is 3. The Labute approximate surface area is 200 Å². The maximum Gasteiger partial charge on any atom is 0.433 e. The highest BCUT2D eigenvalue weighted by atomic mass is 19.4. The summed E-state index contributed by atoms with van der Waals surface area (Å²) < 4.78 is 51.0. The molecule has 0 amide bonds. The Morgan fingerprint density at radius 1 is 1.06 bits per heavy atom. The Hall–Kier alpha value is -3.85. The van der Waals surface area contributed by atoms with E-state index in [0.717, 1.165) is 11.6 Å². The Morgan fingerprint density at radius 3 is 2.40 bits per heavy atom. The minimum atomic E-state index is -4.59. The molecule has 35 heavy (non-hydrogen) atoms. The molecule has 9 heteroatoms. The SMILES string of the molecule is C=C(NC(C)(C)c1ccccc1)c1nc(-c2ccc(OC)c3nc(C(F)(F)F)ccc23)oc1CN. The van der Waals surface area contributed by atoms with Gasteiger partial charge in [-0.2, -0.15) is 13.2 Å². The monoisotopic (exact) mass is 482 g/mol. The van der Waals surface area contributed by atoms with E-state index in [4.69, 9.17) is 14.9 Å². The number of hydrogen-bond donors (Lipinski definition) is 2. The number of pyridine rings is 1. The first kappa shape index (κ1) is 24.3. The fourth-order valence-corrected chi connectivity index (χ4v) is 3.91. The number of fused-ring (bicyclic) bond motifs is 1. The van der Waals surface area contributed by atoms with Crippen molar-refractivity contribution in [3.63, 3.8) is 0 Å². The minimum Gasteiger partial charge on any atom is -0.494 e. The van der Waals surface area contributed by atoms with Crippen molar-refractivity contribution in [1.82, 2.24) is 15.3 Å². The number of aromatic nitrogens is 2. The molecule has 0 bridgehead atoms. The number of nitrogens with zero attached hydrogens (tertiary/aromatic N) is 2. The van der Waals surface area contributed by atoms with Crippen LogP contribution in [0.1, 0.15) is 36.6 Å². The maximum absolute atomic E-state index is 13.3. The molecule has 0 radical (unpaired) electrons. The second kappa shape index (κ2) is 9.07. The predicted molar refractivity (Wildman–Crippen MR) is 128 cm³/mol. The van der Waals surface area contributed by atoms with Gasteiger partial charge in [-0.15, -0.1) is 0 Å². The van der Waals surface area contributed by atoms with Crippen molar-refractivity contribution in [2.75, 3.05) is 7.11 Å². The second-order valence-electron chi connectivity index (χ2n) is 8.50. The van der Waals surface area contributed by atoms with Crippen molar-refractivity contribution in [2.24, 2.45) is 5.73 Å². The molecule has 2 heterocycles. The standard InChI is InChI=1S/C26H25F3N4O2/c1-15(33-25(2,3)16-8-6-5-7-9-16)22-20(14-30)35-24(32-22)18-10-12-19(34-4)23-17(18)11-13-21(31-23)26(27,28)29/h5-13,33H,1,14,30H2,2-4H3. The summed E-state index contributed by atoms with van der Waals surface area (Å²) in [5.41, 5.74) is 6.94. The molecule has 3 N–H and O–H groups in total. The largest absolute Gasteiger partial charge is 0.494 e. The molecule has 0 spiro atoms. The first-order valence-corrected chi connectivity index (χ1v) is 10.8. The number of methoxy groups -OCH3 is 1. The first-order valence-electron chi connectivity index (χ1n) is 10.8. The Bertz CT molecular complexity index is 1380. The average Bonchev–Trinajstić information content (AvgIpc) is 3.27. The number of oxazole rings is 1. The molecule has 0 aliphatic heterocycles. The summed E-state index contributed by atoms with van der Waals surface area (Å²) in [6.45, 7) is 8.21. The minimum absolute atomic E-state index is 0.0519. The van der Waals surface area contributed by atoms with Crippen LogP contribution in [0, 0.1) is 0 Å². The van der Waals surface area contributed by atoms with Gasteiger partial charge in [0.2, 0.25) is 5.89 Å². The molecule has 4 aromatic rings. The van der Waals surface area contributed by atoms with Gasteiger partial charge in [0.25, 0.3) is 0 Å². The molecular formula is C26H25F3N4O2. The van der Waals surface area contributed by atoms with E-state index < -0.39 is 17.4 Å². The number of benzene rings is 2. The molecule has 0 fully saturated rings. The van der Waals surface area contributed by atoms with Crippen LogP contribution in [0.5, 0.6) is 5.75 Å². The summed E-state index contributed by atoms with van der Waals surface area (Å²) in [6, 6.07) is 15.3. The average molecular weight is 483 g/mol. The van der Waals surface area contributed by atoms with Crippen molar-refractivity contribution in [3.8, 4) is 17.2 Å². The Kier molecular flexibility index (Phi) is 6.29. The van der Waals surface area contributed by atoms with Gasteiger partial charge in [-0.1, -0.05) is 36.9 Å². The van der Waals surface area contributed by atoms with Gasteiger partial charge >= 0.3 is 6.18 Å². The Balaban J connectivity index is 1.76. The van der Waals surface area contributed by atoms with Crippen LogP contribution in [0.25, 0.3) is 28.1 Å². The van der Waals surface area contributed by atoms with Gasteiger partial charge in [-0.25, -0.2) is 9.97 Å². The van der Waals surface area contributed by atoms with Gasteiger partial charge in [0.1, 0.15) is 28.4 Å². The molecule has 0 atom stereocenters. The van der Waals surface area contributed by atoms with Crippen LogP contribution in [0.2, 0.25) is 0 Å². The number of ether oxygens (including phenoxy) is 1. The summed E-state index contributed by atoms with van der Waals surface area (Å²) in [7, 11) is 1.37. The zero-order valence-electron chi connectivity index (χ0n) is 19.5. The van der Waals surface area contributed by atoms with E-state index in [2.05, 4.69) is 21.9 Å². The number of nitrogens with one attached hydrogen (secondary N) is 1. The molecule has 2 aromatic heterocycles. The lowest BCUT2D eigenvalue weighted by atomic mass is 9.94. The lowest BCUT2D eigenvalue weighted by Crippen LogP contribution is -2.35. The fourth-order valence-electron chi connectivity index (χ4n) is 3.91. The van der Waals surface area contributed by atoms with E-state index in [1.165, 1.54) is 19.2 Å². The maximum atomic E-state index is 13.3. The number of nitrogens with two attached hydrogens (primary N) is 1. The van der Waals surface area contributed by atoms with E-state index >= 15 is 0 Å². The summed E-state index contributed by atoms with van der Waals surface area (Å²) in [4.78, 5) is 8.40. The molecule has 0 saturated heterocycles. The molecular weight excluding hydrogens is 457 g/mol. The summed E-state index contributed by atoms with van der Waals surface area (Å²) >= 11 is 0. The quantitative estimate of drug-likeness (QED) is 0.343. The van der Waals surface area contributed by atoms with Gasteiger partial charge in [0.05, 0.1) is 24.9 Å². The van der Waals surface area contributed by atoms with E-state index in [0.29, 0.717) is 28.1 Å². The van der Waals surface area contributed by atoms with Crippen molar-refractivity contribution in [2.45, 2.75) is 32.1 Å². The van der Waals surface area contributed by atoms with Crippen molar-refractivity contribution in [3.05, 3.63) is 83.9 Å². The van der Waals surface area contributed by atoms with Crippen LogP contribution >= 0.6 is 0 Å². The third-order valence-corrected chi connectivity index (χ3v) is 5.69. The van der Waals surface area contributed by atoms with Gasteiger partial charge in [-0.05, 0) is 43.7 Å². The van der Waals surface area contributed by atoms with Crippen LogP contribution in [0.4, 0.5) is 13.2 Å². The van der Waals surface area contributed by atoms with E-state index in [9.17, 15) is 13.2 Å². The number of hydrogen-bond acceptors (Lipinski definition) is 6. The zero-order valence-corrected chi connectivity index (χ0v) is 19.5. The van der Waals surface area contributed by atoms with Crippen LogP contribution in [0.3, 0.4) is 0 Å². The molecule has 0 unspecified atom stereocenters. The van der Waals surface area contributed by atoms with Crippen molar-refractivity contribution in [1.29, 1.82) is 0 Å². The second-order valence-corrected chi connectivity index (χ2v) is 8.50. The van der Waals surface area contributed by atoms with Crippen LogP contribution < -0.4 is 15.8 Å². The molecule has 0 aliphatic carbocycles. The molecule has 182 valence electrons. The molecule has 6 nitrogen and oxygen atoms in total. The van der Waals surface area contributed by atoms with Gasteiger partial charge in [0.15, 0.2) is 0 Å². The molecule has 0 saturated carbocycles. The third-order valence-electron chi connectivity index (χ3n) is 5.69. The predicted octanol–water partition coefficient (Wildman–Crippen LogP) is 5.87. The summed E-state index contributed by atoms with van der Waals surface area (Å²) in [6.07, 6.45) is -4.59.